The van der Waals surface area contributed by atoms with Crippen LogP contribution in [0.15, 0.2) is 48.5 Å². The van der Waals surface area contributed by atoms with Crippen molar-refractivity contribution in [2.75, 3.05) is 11.9 Å². The van der Waals surface area contributed by atoms with E-state index in [1.54, 1.807) is 29.2 Å². The first kappa shape index (κ1) is 14.5. The number of nitrogens with zero attached hydrogens (tertiary/aromatic N) is 1. The Morgan fingerprint density at radius 3 is 2.73 bits per heavy atom. The molecule has 0 bridgehead atoms. The van der Waals surface area contributed by atoms with Crippen molar-refractivity contribution >= 4 is 11.7 Å². The Bertz CT molecular complexity index is 690. The average molecular weight is 302 g/mol. The van der Waals surface area contributed by atoms with Crippen LogP contribution >= 0.6 is 0 Å². The summed E-state index contributed by atoms with van der Waals surface area (Å²) in [5.74, 6) is -0.720. The molecule has 3 nitrogen and oxygen atoms in total. The first-order chi connectivity index (χ1) is 10.6. The zero-order valence-electron chi connectivity index (χ0n) is 11.9. The van der Waals surface area contributed by atoms with Crippen LogP contribution in [-0.4, -0.2) is 17.5 Å². The predicted octanol–water partition coefficient (Wildman–Crippen LogP) is 4.33. The summed E-state index contributed by atoms with van der Waals surface area (Å²) in [5, 5.41) is 2.67. The van der Waals surface area contributed by atoms with Crippen LogP contribution in [0.4, 0.5) is 19.3 Å². The van der Waals surface area contributed by atoms with E-state index < -0.39 is 5.82 Å². The first-order valence-corrected chi connectivity index (χ1v) is 7.23. The lowest BCUT2D eigenvalue weighted by atomic mass is 10.0. The molecule has 0 radical (unpaired) electrons. The number of amides is 2. The first-order valence-electron chi connectivity index (χ1n) is 7.23. The number of likely N-dealkylation sites (tertiary alicyclic amines) is 1. The molecule has 1 atom stereocenters. The molecule has 1 heterocycles. The van der Waals surface area contributed by atoms with Crippen molar-refractivity contribution in [2.45, 2.75) is 18.9 Å². The summed E-state index contributed by atoms with van der Waals surface area (Å²) in [7, 11) is 0. The van der Waals surface area contributed by atoms with Crippen molar-refractivity contribution in [1.29, 1.82) is 0 Å². The second-order valence-corrected chi connectivity index (χ2v) is 5.31. The number of carbonyl (C=O) groups excluding carboxylic acids is 1. The molecular formula is C17H16F2N2O. The van der Waals surface area contributed by atoms with Gasteiger partial charge in [0.05, 0.1) is 6.04 Å². The number of urea groups is 1. The fourth-order valence-corrected chi connectivity index (χ4v) is 2.84. The van der Waals surface area contributed by atoms with Crippen LogP contribution in [0, 0.1) is 11.6 Å². The van der Waals surface area contributed by atoms with E-state index in [2.05, 4.69) is 5.32 Å². The Hall–Kier alpha value is -2.43. The van der Waals surface area contributed by atoms with E-state index >= 15 is 0 Å². The van der Waals surface area contributed by atoms with Gasteiger partial charge in [-0.25, -0.2) is 13.6 Å². The average Bonchev–Trinajstić information content (AvgIpc) is 2.97. The minimum Gasteiger partial charge on any atom is -0.317 e. The second-order valence-electron chi connectivity index (χ2n) is 5.31. The van der Waals surface area contributed by atoms with Gasteiger partial charge in [0.25, 0.3) is 0 Å². The maximum absolute atomic E-state index is 14.0. The number of anilines is 1. The number of rotatable bonds is 2. The molecule has 5 heteroatoms. The molecule has 114 valence electrons. The highest BCUT2D eigenvalue weighted by Crippen LogP contribution is 2.33. The number of carbonyl (C=O) groups is 1. The molecule has 1 aliphatic rings. The molecule has 1 saturated heterocycles. The zero-order valence-corrected chi connectivity index (χ0v) is 11.9. The third kappa shape index (κ3) is 2.93. The maximum atomic E-state index is 14.0. The summed E-state index contributed by atoms with van der Waals surface area (Å²) >= 11 is 0. The van der Waals surface area contributed by atoms with E-state index in [0.29, 0.717) is 17.8 Å². The number of halogens is 2. The van der Waals surface area contributed by atoms with Crippen molar-refractivity contribution in [1.82, 2.24) is 4.90 Å². The Kier molecular flexibility index (Phi) is 4.04. The Morgan fingerprint density at radius 2 is 1.95 bits per heavy atom. The normalized spacial score (nSPS) is 17.5. The number of benzene rings is 2. The highest BCUT2D eigenvalue weighted by molar-refractivity contribution is 5.89. The zero-order chi connectivity index (χ0) is 15.5. The SMILES string of the molecule is O=C(Nc1cccc(F)c1)N1CCC[C@H]1c1ccccc1F. The molecule has 2 aromatic carbocycles. The molecular weight excluding hydrogens is 286 g/mol. The number of nitrogens with one attached hydrogen (secondary N) is 1. The minimum absolute atomic E-state index is 0.283. The van der Waals surface area contributed by atoms with Crippen molar-refractivity contribution in [2.24, 2.45) is 0 Å². The van der Waals surface area contributed by atoms with Crippen LogP contribution in [0.5, 0.6) is 0 Å². The third-order valence-corrected chi connectivity index (χ3v) is 3.85. The van der Waals surface area contributed by atoms with E-state index in [9.17, 15) is 13.6 Å². The van der Waals surface area contributed by atoms with Crippen LogP contribution < -0.4 is 5.32 Å². The van der Waals surface area contributed by atoms with Crippen molar-refractivity contribution in [3.05, 3.63) is 65.7 Å². The highest BCUT2D eigenvalue weighted by atomic mass is 19.1. The maximum Gasteiger partial charge on any atom is 0.322 e. The smallest absolute Gasteiger partial charge is 0.317 e. The molecule has 0 unspecified atom stereocenters. The van der Waals surface area contributed by atoms with Crippen LogP contribution in [-0.2, 0) is 0 Å². The molecule has 1 aliphatic heterocycles. The molecule has 3 rings (SSSR count). The van der Waals surface area contributed by atoms with Gasteiger partial charge in [0.1, 0.15) is 11.6 Å². The van der Waals surface area contributed by atoms with Gasteiger partial charge < -0.3 is 10.2 Å². The highest BCUT2D eigenvalue weighted by Gasteiger charge is 2.31. The number of hydrogen-bond donors (Lipinski definition) is 1. The number of hydrogen-bond acceptors (Lipinski definition) is 1. The van der Waals surface area contributed by atoms with Gasteiger partial charge >= 0.3 is 6.03 Å². The Morgan fingerprint density at radius 1 is 1.14 bits per heavy atom. The molecule has 1 N–H and O–H groups in total. The van der Waals surface area contributed by atoms with Crippen LogP contribution in [0.2, 0.25) is 0 Å². The topological polar surface area (TPSA) is 32.3 Å². The Balaban J connectivity index is 1.78. The second kappa shape index (κ2) is 6.13. The molecule has 1 fully saturated rings. The van der Waals surface area contributed by atoms with Gasteiger partial charge in [-0.05, 0) is 37.1 Å². The summed E-state index contributed by atoms with van der Waals surface area (Å²) in [5.41, 5.74) is 0.915. The summed E-state index contributed by atoms with van der Waals surface area (Å²) in [6.45, 7) is 0.556. The van der Waals surface area contributed by atoms with E-state index in [1.165, 1.54) is 24.3 Å². The molecule has 0 aromatic heterocycles. The molecule has 2 amide bonds. The fourth-order valence-electron chi connectivity index (χ4n) is 2.84. The molecule has 2 aromatic rings. The fraction of sp³-hybridized carbons (Fsp3) is 0.235. The Labute approximate surface area is 127 Å². The van der Waals surface area contributed by atoms with Gasteiger partial charge in [-0.15, -0.1) is 0 Å². The summed E-state index contributed by atoms with van der Waals surface area (Å²) in [6.07, 6.45) is 1.53. The standard InChI is InChI=1S/C17H16F2N2O/c18-12-5-3-6-13(11-12)20-17(22)21-10-4-9-16(21)14-7-1-2-8-15(14)19/h1-3,5-8,11,16H,4,9-10H2,(H,20,22)/t16-/m0/s1. The van der Waals surface area contributed by atoms with E-state index in [1.807, 2.05) is 0 Å². The van der Waals surface area contributed by atoms with Crippen molar-refractivity contribution < 1.29 is 13.6 Å². The van der Waals surface area contributed by atoms with E-state index in [-0.39, 0.29) is 17.9 Å². The summed E-state index contributed by atoms with van der Waals surface area (Å²) < 4.78 is 27.1. The van der Waals surface area contributed by atoms with Gasteiger partial charge in [0, 0.05) is 17.8 Å². The lowest BCUT2D eigenvalue weighted by molar-refractivity contribution is 0.206. The van der Waals surface area contributed by atoms with Gasteiger partial charge in [-0.3, -0.25) is 0 Å². The molecule has 0 aliphatic carbocycles. The van der Waals surface area contributed by atoms with Crippen LogP contribution in [0.1, 0.15) is 24.4 Å². The molecule has 22 heavy (non-hydrogen) atoms. The molecule has 0 spiro atoms. The van der Waals surface area contributed by atoms with Gasteiger partial charge in [0.15, 0.2) is 0 Å². The summed E-state index contributed by atoms with van der Waals surface area (Å²) in [4.78, 5) is 14.0. The van der Waals surface area contributed by atoms with Gasteiger partial charge in [0.2, 0.25) is 0 Å². The third-order valence-electron chi connectivity index (χ3n) is 3.85. The van der Waals surface area contributed by atoms with Crippen molar-refractivity contribution in [3.8, 4) is 0 Å². The molecule has 0 saturated carbocycles. The van der Waals surface area contributed by atoms with Gasteiger partial charge in [-0.1, -0.05) is 24.3 Å². The lowest BCUT2D eigenvalue weighted by Crippen LogP contribution is -2.34. The largest absolute Gasteiger partial charge is 0.322 e. The van der Waals surface area contributed by atoms with Crippen LogP contribution in [0.3, 0.4) is 0 Å². The van der Waals surface area contributed by atoms with E-state index in [0.717, 1.165) is 12.8 Å². The summed E-state index contributed by atoms with van der Waals surface area (Å²) in [6, 6.07) is 11.6. The van der Waals surface area contributed by atoms with E-state index in [4.69, 9.17) is 0 Å². The van der Waals surface area contributed by atoms with Crippen molar-refractivity contribution in [3.63, 3.8) is 0 Å². The monoisotopic (exact) mass is 302 g/mol. The lowest BCUT2D eigenvalue weighted by Gasteiger charge is -2.25. The predicted molar refractivity (Wildman–Crippen MR) is 80.5 cm³/mol. The van der Waals surface area contributed by atoms with Gasteiger partial charge in [-0.2, -0.15) is 0 Å². The minimum atomic E-state index is -0.412. The van der Waals surface area contributed by atoms with Crippen LogP contribution in [0.25, 0.3) is 0 Å². The quantitative estimate of drug-likeness (QED) is 0.879.